The summed E-state index contributed by atoms with van der Waals surface area (Å²) in [6, 6.07) is 6.36. The standard InChI is InChI=1S/C12H10ClF3N2/c1-8-2-3-9(10(13)6-8)7-18-5-4-11(17-18)12(14,15)16/h2-6H,7H2,1H3. The minimum Gasteiger partial charge on any atom is -0.268 e. The van der Waals surface area contributed by atoms with Gasteiger partial charge in [-0.25, -0.2) is 0 Å². The number of alkyl halides is 3. The Morgan fingerprint density at radius 1 is 1.28 bits per heavy atom. The van der Waals surface area contributed by atoms with E-state index in [-0.39, 0.29) is 6.54 Å². The summed E-state index contributed by atoms with van der Waals surface area (Å²) < 4.78 is 38.3. The van der Waals surface area contributed by atoms with Gasteiger partial charge in [0.1, 0.15) is 0 Å². The molecule has 0 unspecified atom stereocenters. The molecule has 2 aromatic rings. The molecule has 2 nitrogen and oxygen atoms in total. The molecule has 0 saturated heterocycles. The quantitative estimate of drug-likeness (QED) is 0.812. The SMILES string of the molecule is Cc1ccc(Cn2ccc(C(F)(F)F)n2)c(Cl)c1. The van der Waals surface area contributed by atoms with Gasteiger partial charge >= 0.3 is 6.18 Å². The molecule has 0 N–H and O–H groups in total. The molecule has 6 heteroatoms. The van der Waals surface area contributed by atoms with E-state index in [0.29, 0.717) is 5.02 Å². The van der Waals surface area contributed by atoms with E-state index in [4.69, 9.17) is 11.6 Å². The van der Waals surface area contributed by atoms with Crippen LogP contribution in [0.2, 0.25) is 5.02 Å². The number of aryl methyl sites for hydroxylation is 1. The maximum atomic E-state index is 12.4. The van der Waals surface area contributed by atoms with Gasteiger partial charge in [-0.05, 0) is 30.2 Å². The largest absolute Gasteiger partial charge is 0.435 e. The van der Waals surface area contributed by atoms with Crippen LogP contribution in [0, 0.1) is 6.92 Å². The second kappa shape index (κ2) is 4.65. The van der Waals surface area contributed by atoms with Crippen LogP contribution in [0.25, 0.3) is 0 Å². The Morgan fingerprint density at radius 2 is 2.00 bits per heavy atom. The predicted molar refractivity (Wildman–Crippen MR) is 62.5 cm³/mol. The summed E-state index contributed by atoms with van der Waals surface area (Å²) in [5.74, 6) is 0. The summed E-state index contributed by atoms with van der Waals surface area (Å²) in [6.07, 6.45) is -3.12. The summed E-state index contributed by atoms with van der Waals surface area (Å²) in [5.41, 5.74) is 0.838. The molecular weight excluding hydrogens is 265 g/mol. The highest BCUT2D eigenvalue weighted by atomic mass is 35.5. The second-order valence-corrected chi connectivity index (χ2v) is 4.40. The van der Waals surface area contributed by atoms with Crippen molar-refractivity contribution in [2.24, 2.45) is 0 Å². The van der Waals surface area contributed by atoms with Crippen molar-refractivity contribution in [2.75, 3.05) is 0 Å². The molecule has 96 valence electrons. The third-order valence-electron chi connectivity index (χ3n) is 2.47. The van der Waals surface area contributed by atoms with Crippen molar-refractivity contribution < 1.29 is 13.2 Å². The number of hydrogen-bond acceptors (Lipinski definition) is 1. The smallest absolute Gasteiger partial charge is 0.268 e. The summed E-state index contributed by atoms with van der Waals surface area (Å²) >= 11 is 6.01. The lowest BCUT2D eigenvalue weighted by Gasteiger charge is -2.06. The van der Waals surface area contributed by atoms with E-state index in [9.17, 15) is 13.2 Å². The lowest BCUT2D eigenvalue weighted by atomic mass is 10.1. The van der Waals surface area contributed by atoms with E-state index in [1.54, 1.807) is 12.1 Å². The van der Waals surface area contributed by atoms with Gasteiger partial charge in [0.15, 0.2) is 5.69 Å². The molecule has 18 heavy (non-hydrogen) atoms. The van der Waals surface area contributed by atoms with Crippen molar-refractivity contribution in [1.29, 1.82) is 0 Å². The summed E-state index contributed by atoms with van der Waals surface area (Å²) in [5, 5.41) is 4.00. The van der Waals surface area contributed by atoms with Crippen LogP contribution in [0.5, 0.6) is 0 Å². The van der Waals surface area contributed by atoms with Gasteiger partial charge in [0.2, 0.25) is 0 Å². The molecule has 0 aliphatic heterocycles. The van der Waals surface area contributed by atoms with Gasteiger partial charge in [0.25, 0.3) is 0 Å². The van der Waals surface area contributed by atoms with Crippen LogP contribution in [0.3, 0.4) is 0 Å². The van der Waals surface area contributed by atoms with Crippen molar-refractivity contribution in [2.45, 2.75) is 19.6 Å². The maximum absolute atomic E-state index is 12.4. The highest BCUT2D eigenvalue weighted by molar-refractivity contribution is 6.31. The summed E-state index contributed by atoms with van der Waals surface area (Å²) in [6.45, 7) is 2.11. The van der Waals surface area contributed by atoms with Crippen LogP contribution in [-0.2, 0) is 12.7 Å². The molecule has 1 aromatic carbocycles. The zero-order chi connectivity index (χ0) is 13.3. The molecule has 0 aliphatic rings. The zero-order valence-electron chi connectivity index (χ0n) is 9.50. The van der Waals surface area contributed by atoms with E-state index in [1.807, 2.05) is 13.0 Å². The van der Waals surface area contributed by atoms with Crippen LogP contribution >= 0.6 is 11.6 Å². The summed E-state index contributed by atoms with van der Waals surface area (Å²) in [4.78, 5) is 0. The number of nitrogens with zero attached hydrogens (tertiary/aromatic N) is 2. The monoisotopic (exact) mass is 274 g/mol. The molecule has 1 aromatic heterocycles. The van der Waals surface area contributed by atoms with E-state index < -0.39 is 11.9 Å². The molecule has 0 spiro atoms. The van der Waals surface area contributed by atoms with Crippen molar-refractivity contribution in [3.8, 4) is 0 Å². The van der Waals surface area contributed by atoms with Gasteiger partial charge in [0, 0.05) is 11.2 Å². The number of halogens is 4. The van der Waals surface area contributed by atoms with Crippen molar-refractivity contribution >= 4 is 11.6 Å². The fourth-order valence-electron chi connectivity index (χ4n) is 1.56. The minimum absolute atomic E-state index is 0.217. The molecular formula is C12H10ClF3N2. The van der Waals surface area contributed by atoms with Gasteiger partial charge in [0.05, 0.1) is 6.54 Å². The second-order valence-electron chi connectivity index (χ2n) is 3.99. The number of aromatic nitrogens is 2. The number of benzene rings is 1. The van der Waals surface area contributed by atoms with Crippen LogP contribution in [0.1, 0.15) is 16.8 Å². The van der Waals surface area contributed by atoms with Crippen LogP contribution in [0.4, 0.5) is 13.2 Å². The molecule has 0 atom stereocenters. The number of hydrogen-bond donors (Lipinski definition) is 0. The van der Waals surface area contributed by atoms with Crippen molar-refractivity contribution in [3.05, 3.63) is 52.3 Å². The third-order valence-corrected chi connectivity index (χ3v) is 2.82. The van der Waals surface area contributed by atoms with Crippen LogP contribution in [0.15, 0.2) is 30.5 Å². The molecule has 2 rings (SSSR count). The van der Waals surface area contributed by atoms with Crippen molar-refractivity contribution in [1.82, 2.24) is 9.78 Å². The molecule has 0 amide bonds. The molecule has 0 aliphatic carbocycles. The fourth-order valence-corrected chi connectivity index (χ4v) is 1.85. The van der Waals surface area contributed by atoms with Crippen LogP contribution < -0.4 is 0 Å². The van der Waals surface area contributed by atoms with Gasteiger partial charge < -0.3 is 0 Å². The predicted octanol–water partition coefficient (Wildman–Crippen LogP) is 3.91. The maximum Gasteiger partial charge on any atom is 0.435 e. The van der Waals surface area contributed by atoms with E-state index in [0.717, 1.165) is 17.2 Å². The Bertz CT molecular complexity index is 561. The first-order valence-corrected chi connectivity index (χ1v) is 5.60. The molecule has 0 fully saturated rings. The van der Waals surface area contributed by atoms with E-state index >= 15 is 0 Å². The Hall–Kier alpha value is -1.49. The zero-order valence-corrected chi connectivity index (χ0v) is 10.3. The molecule has 0 bridgehead atoms. The molecule has 0 saturated carbocycles. The van der Waals surface area contributed by atoms with Gasteiger partial charge in [-0.1, -0.05) is 23.7 Å². The highest BCUT2D eigenvalue weighted by Crippen LogP contribution is 2.27. The first-order chi connectivity index (χ1) is 8.36. The first kappa shape index (κ1) is 13.0. The van der Waals surface area contributed by atoms with E-state index in [1.165, 1.54) is 10.9 Å². The number of rotatable bonds is 2. The lowest BCUT2D eigenvalue weighted by molar-refractivity contribution is -0.141. The van der Waals surface area contributed by atoms with Gasteiger partial charge in [-0.15, -0.1) is 0 Å². The molecule has 0 radical (unpaired) electrons. The topological polar surface area (TPSA) is 17.8 Å². The average Bonchev–Trinajstić information content (AvgIpc) is 2.70. The normalized spacial score (nSPS) is 11.8. The molecule has 1 heterocycles. The fraction of sp³-hybridized carbons (Fsp3) is 0.250. The Kier molecular flexibility index (Phi) is 3.34. The summed E-state index contributed by atoms with van der Waals surface area (Å²) in [7, 11) is 0. The first-order valence-electron chi connectivity index (χ1n) is 5.22. The van der Waals surface area contributed by atoms with Crippen LogP contribution in [-0.4, -0.2) is 9.78 Å². The average molecular weight is 275 g/mol. The van der Waals surface area contributed by atoms with Crippen molar-refractivity contribution in [3.63, 3.8) is 0 Å². The Labute approximate surface area is 107 Å². The van der Waals surface area contributed by atoms with Gasteiger partial charge in [-0.3, -0.25) is 4.68 Å². The third kappa shape index (κ3) is 2.85. The highest BCUT2D eigenvalue weighted by Gasteiger charge is 2.33. The lowest BCUT2D eigenvalue weighted by Crippen LogP contribution is -2.08. The van der Waals surface area contributed by atoms with E-state index in [2.05, 4.69) is 5.10 Å². The Morgan fingerprint density at radius 3 is 2.56 bits per heavy atom. The van der Waals surface area contributed by atoms with Gasteiger partial charge in [-0.2, -0.15) is 18.3 Å². The minimum atomic E-state index is -4.41. The Balaban J connectivity index is 2.21.